The Morgan fingerprint density at radius 2 is 1.77 bits per heavy atom. The van der Waals surface area contributed by atoms with Crippen molar-refractivity contribution < 1.29 is 27.9 Å². The molecule has 0 saturated carbocycles. The summed E-state index contributed by atoms with van der Waals surface area (Å²) >= 11 is 0. The number of nitrogens with zero attached hydrogens (tertiary/aromatic N) is 1. The normalized spacial score (nSPS) is 11.9. The number of carbonyl (C=O) groups is 2. The molecule has 8 heteroatoms. The van der Waals surface area contributed by atoms with E-state index in [0.29, 0.717) is 5.56 Å². The molecule has 22 heavy (non-hydrogen) atoms. The Labute approximate surface area is 125 Å². The minimum absolute atomic E-state index is 0.00315. The second kappa shape index (κ2) is 6.25. The molecule has 0 spiro atoms. The van der Waals surface area contributed by atoms with Crippen molar-refractivity contribution >= 4 is 11.8 Å². The molecule has 0 bridgehead atoms. The van der Waals surface area contributed by atoms with E-state index in [1.165, 1.54) is 27.0 Å². The Bertz CT molecular complexity index is 571. The van der Waals surface area contributed by atoms with Crippen molar-refractivity contribution in [1.29, 1.82) is 0 Å². The Kier molecular flexibility index (Phi) is 5.05. The predicted molar refractivity (Wildman–Crippen MR) is 72.9 cm³/mol. The number of amides is 2. The molecule has 0 unspecified atom stereocenters. The summed E-state index contributed by atoms with van der Waals surface area (Å²) in [7, 11) is 1.37. The van der Waals surface area contributed by atoms with Gasteiger partial charge in [-0.25, -0.2) is 0 Å². The molecule has 0 radical (unpaired) electrons. The maximum atomic E-state index is 12.3. The zero-order valence-electron chi connectivity index (χ0n) is 12.4. The first kappa shape index (κ1) is 17.8. The fraction of sp³-hybridized carbons (Fsp3) is 0.429. The average Bonchev–Trinajstić information content (AvgIpc) is 2.38. The lowest BCUT2D eigenvalue weighted by molar-refractivity contribution is -0.176. The Hall–Kier alpha value is -2.25. The number of aromatic hydroxyl groups is 1. The van der Waals surface area contributed by atoms with Gasteiger partial charge >= 0.3 is 12.1 Å². The van der Waals surface area contributed by atoms with E-state index in [2.05, 4.69) is 0 Å². The van der Waals surface area contributed by atoms with Gasteiger partial charge in [0, 0.05) is 19.2 Å². The van der Waals surface area contributed by atoms with E-state index in [-0.39, 0.29) is 12.3 Å². The number of rotatable bonds is 4. The number of hydrogen-bond donors (Lipinski definition) is 2. The molecule has 0 aromatic heterocycles. The third-order valence-electron chi connectivity index (χ3n) is 2.96. The molecule has 1 aromatic carbocycles. The summed E-state index contributed by atoms with van der Waals surface area (Å²) in [5, 5.41) is 11.3. The second-order valence-corrected chi connectivity index (χ2v) is 5.37. The molecule has 2 N–H and O–H groups in total. The van der Waals surface area contributed by atoms with Crippen LogP contribution in [-0.2, 0) is 16.1 Å². The Morgan fingerprint density at radius 1 is 1.23 bits per heavy atom. The number of alkyl halides is 3. The highest BCUT2D eigenvalue weighted by molar-refractivity contribution is 5.92. The summed E-state index contributed by atoms with van der Waals surface area (Å²) in [5.74, 6) is -2.92. The fourth-order valence-corrected chi connectivity index (χ4v) is 1.86. The SMILES string of the molecule is CN(Cc1ccccc1O)C(=O)C(C)(C)NC(=O)C(F)(F)F. The Balaban J connectivity index is 2.81. The van der Waals surface area contributed by atoms with Gasteiger partial charge in [0.15, 0.2) is 0 Å². The van der Waals surface area contributed by atoms with Crippen molar-refractivity contribution in [2.75, 3.05) is 7.05 Å². The van der Waals surface area contributed by atoms with Gasteiger partial charge in [0.2, 0.25) is 5.91 Å². The van der Waals surface area contributed by atoms with E-state index in [9.17, 15) is 27.9 Å². The van der Waals surface area contributed by atoms with Crippen molar-refractivity contribution in [3.8, 4) is 5.75 Å². The van der Waals surface area contributed by atoms with E-state index >= 15 is 0 Å². The van der Waals surface area contributed by atoms with Gasteiger partial charge in [-0.15, -0.1) is 0 Å². The number of likely N-dealkylation sites (N-methyl/N-ethyl adjacent to an activating group) is 1. The van der Waals surface area contributed by atoms with Gasteiger partial charge in [0.25, 0.3) is 0 Å². The van der Waals surface area contributed by atoms with Crippen molar-refractivity contribution in [3.63, 3.8) is 0 Å². The number of benzene rings is 1. The molecule has 0 atom stereocenters. The lowest BCUT2D eigenvalue weighted by Crippen LogP contribution is -2.57. The van der Waals surface area contributed by atoms with Crippen LogP contribution in [0.25, 0.3) is 0 Å². The minimum atomic E-state index is -5.06. The van der Waals surface area contributed by atoms with Gasteiger partial charge in [-0.05, 0) is 19.9 Å². The van der Waals surface area contributed by atoms with E-state index in [1.807, 2.05) is 0 Å². The molecule has 0 aliphatic rings. The molecule has 0 aliphatic heterocycles. The topological polar surface area (TPSA) is 69.6 Å². The first-order chi connectivity index (χ1) is 9.95. The predicted octanol–water partition coefficient (Wildman–Crippen LogP) is 1.81. The van der Waals surface area contributed by atoms with Gasteiger partial charge in [0.05, 0.1) is 0 Å². The molecule has 0 saturated heterocycles. The highest BCUT2D eigenvalue weighted by Gasteiger charge is 2.43. The van der Waals surface area contributed by atoms with Gasteiger partial charge in [-0.1, -0.05) is 18.2 Å². The van der Waals surface area contributed by atoms with Crippen LogP contribution >= 0.6 is 0 Å². The van der Waals surface area contributed by atoms with Crippen LogP contribution in [-0.4, -0.2) is 40.6 Å². The average molecular weight is 318 g/mol. The summed E-state index contributed by atoms with van der Waals surface area (Å²) in [6, 6.07) is 6.28. The molecule has 2 amide bonds. The molecule has 5 nitrogen and oxygen atoms in total. The van der Waals surface area contributed by atoms with Crippen LogP contribution in [0.4, 0.5) is 13.2 Å². The highest BCUT2D eigenvalue weighted by atomic mass is 19.4. The lowest BCUT2D eigenvalue weighted by atomic mass is 10.0. The molecule has 0 aliphatic carbocycles. The largest absolute Gasteiger partial charge is 0.508 e. The molecule has 1 aromatic rings. The van der Waals surface area contributed by atoms with Crippen LogP contribution in [0.5, 0.6) is 5.75 Å². The molecular formula is C14H17F3N2O3. The van der Waals surface area contributed by atoms with E-state index < -0.39 is 23.5 Å². The zero-order valence-corrected chi connectivity index (χ0v) is 12.4. The smallest absolute Gasteiger partial charge is 0.471 e. The third kappa shape index (κ3) is 4.37. The second-order valence-electron chi connectivity index (χ2n) is 5.37. The fourth-order valence-electron chi connectivity index (χ4n) is 1.86. The van der Waals surface area contributed by atoms with Crippen LogP contribution in [0.3, 0.4) is 0 Å². The van der Waals surface area contributed by atoms with E-state index in [0.717, 1.165) is 4.90 Å². The van der Waals surface area contributed by atoms with Gasteiger partial charge < -0.3 is 15.3 Å². The van der Waals surface area contributed by atoms with Crippen molar-refractivity contribution in [2.24, 2.45) is 0 Å². The first-order valence-electron chi connectivity index (χ1n) is 6.37. The van der Waals surface area contributed by atoms with Crippen molar-refractivity contribution in [3.05, 3.63) is 29.8 Å². The van der Waals surface area contributed by atoms with E-state index in [1.54, 1.807) is 23.5 Å². The summed E-state index contributed by atoms with van der Waals surface area (Å²) in [6.07, 6.45) is -5.06. The first-order valence-corrected chi connectivity index (χ1v) is 6.37. The quantitative estimate of drug-likeness (QED) is 0.889. The summed E-state index contributed by atoms with van der Waals surface area (Å²) in [4.78, 5) is 24.3. The van der Waals surface area contributed by atoms with Crippen molar-refractivity contribution in [1.82, 2.24) is 10.2 Å². The van der Waals surface area contributed by atoms with Crippen LogP contribution < -0.4 is 5.32 Å². The molecule has 0 heterocycles. The number of halogens is 3. The highest BCUT2D eigenvalue weighted by Crippen LogP contribution is 2.20. The molecular weight excluding hydrogens is 301 g/mol. The maximum absolute atomic E-state index is 12.3. The van der Waals surface area contributed by atoms with Crippen LogP contribution in [0.2, 0.25) is 0 Å². The number of phenolic OH excluding ortho intramolecular Hbond substituents is 1. The number of nitrogens with one attached hydrogen (secondary N) is 1. The van der Waals surface area contributed by atoms with E-state index in [4.69, 9.17) is 0 Å². The number of phenols is 1. The standard InChI is InChI=1S/C14H17F3N2O3/c1-13(2,18-11(21)14(15,16)17)12(22)19(3)8-9-6-4-5-7-10(9)20/h4-7,20H,8H2,1-3H3,(H,18,21). The number of carbonyl (C=O) groups excluding carboxylic acids is 2. The van der Waals surface area contributed by atoms with Crippen molar-refractivity contribution in [2.45, 2.75) is 32.1 Å². The summed E-state index contributed by atoms with van der Waals surface area (Å²) in [6.45, 7) is 2.36. The Morgan fingerprint density at radius 3 is 2.27 bits per heavy atom. The minimum Gasteiger partial charge on any atom is -0.508 e. The summed E-state index contributed by atoms with van der Waals surface area (Å²) in [5.41, 5.74) is -1.29. The van der Waals surface area contributed by atoms with Gasteiger partial charge in [0.1, 0.15) is 11.3 Å². The van der Waals surface area contributed by atoms with Crippen LogP contribution in [0.15, 0.2) is 24.3 Å². The lowest BCUT2D eigenvalue weighted by Gasteiger charge is -2.30. The van der Waals surface area contributed by atoms with Crippen LogP contribution in [0.1, 0.15) is 19.4 Å². The maximum Gasteiger partial charge on any atom is 0.471 e. The molecule has 1 rings (SSSR count). The van der Waals surface area contributed by atoms with Crippen LogP contribution in [0, 0.1) is 0 Å². The zero-order chi connectivity index (χ0) is 17.1. The number of para-hydroxylation sites is 1. The van der Waals surface area contributed by atoms with Gasteiger partial charge in [-0.3, -0.25) is 9.59 Å². The molecule has 122 valence electrons. The monoisotopic (exact) mass is 318 g/mol. The molecule has 0 fully saturated rings. The summed E-state index contributed by atoms with van der Waals surface area (Å²) < 4.78 is 36.8. The third-order valence-corrected chi connectivity index (χ3v) is 2.96. The number of hydrogen-bond acceptors (Lipinski definition) is 3. The van der Waals surface area contributed by atoms with Gasteiger partial charge in [-0.2, -0.15) is 13.2 Å².